The lowest BCUT2D eigenvalue weighted by atomic mass is 9.93. The lowest BCUT2D eigenvalue weighted by Gasteiger charge is -2.33. The van der Waals surface area contributed by atoms with Gasteiger partial charge < -0.3 is 23.8 Å². The van der Waals surface area contributed by atoms with E-state index in [2.05, 4.69) is 0 Å². The van der Waals surface area contributed by atoms with E-state index in [-0.39, 0.29) is 32.6 Å². The lowest BCUT2D eigenvalue weighted by molar-refractivity contribution is 0.0170. The van der Waals surface area contributed by atoms with E-state index >= 15 is 0 Å². The van der Waals surface area contributed by atoms with Gasteiger partial charge in [-0.1, -0.05) is 0 Å². The number of rotatable bonds is 12. The Hall–Kier alpha value is -2.86. The summed E-state index contributed by atoms with van der Waals surface area (Å²) < 4.78 is 94.2. The molecule has 2 fully saturated rings. The Kier molecular flexibility index (Phi) is 17.4. The number of piperidine rings is 2. The van der Waals surface area contributed by atoms with Crippen molar-refractivity contribution < 1.29 is 48.9 Å². The number of nitrogens with zero attached hydrogens (tertiary/aromatic N) is 2. The zero-order valence-electron chi connectivity index (χ0n) is 34.7. The molecule has 57 heavy (non-hydrogen) atoms. The van der Waals surface area contributed by atoms with Crippen LogP contribution in [0.25, 0.3) is 0 Å². The molecule has 2 aliphatic heterocycles. The number of ether oxygens (including phenoxy) is 2. The van der Waals surface area contributed by atoms with Gasteiger partial charge in [0.1, 0.15) is 17.0 Å². The fourth-order valence-electron chi connectivity index (χ4n) is 6.50. The molecule has 0 aromatic heterocycles. The molecule has 0 bridgehead atoms. The van der Waals surface area contributed by atoms with Gasteiger partial charge >= 0.3 is 12.2 Å². The normalized spacial score (nSPS) is 17.0. The number of likely N-dealkylation sites (tertiary alicyclic amines) is 2. The summed E-state index contributed by atoms with van der Waals surface area (Å²) in [6.07, 6.45) is 8.40. The first-order valence-corrected chi connectivity index (χ1v) is 26.2. The average molecular weight is 875 g/mol. The fraction of sp³-hybridized carbons (Fsp3) is 0.650. The number of benzene rings is 2. The lowest BCUT2D eigenvalue weighted by Crippen LogP contribution is -2.41. The number of sulfone groups is 3. The molecule has 0 saturated carbocycles. The van der Waals surface area contributed by atoms with Crippen molar-refractivity contribution in [3.05, 3.63) is 48.5 Å². The first-order valence-electron chi connectivity index (χ1n) is 19.4. The molecule has 2 saturated heterocycles. The fourth-order valence-corrected chi connectivity index (χ4v) is 10.2. The minimum atomic E-state index is -3.45. The highest BCUT2D eigenvalue weighted by atomic mass is 32.2. The Balaban J connectivity index is 0.000000306. The molecule has 0 spiro atoms. The van der Waals surface area contributed by atoms with Gasteiger partial charge in [0.2, 0.25) is 0 Å². The zero-order chi connectivity index (χ0) is 42.8. The summed E-state index contributed by atoms with van der Waals surface area (Å²) in [5, 5.41) is 0. The maximum absolute atomic E-state index is 12.5. The van der Waals surface area contributed by atoms with E-state index in [0.717, 1.165) is 57.5 Å². The molecule has 0 radical (unpaired) electrons. The van der Waals surface area contributed by atoms with Crippen molar-refractivity contribution in [2.24, 2.45) is 11.8 Å². The minimum Gasteiger partial charge on any atom is -0.611 e. The van der Waals surface area contributed by atoms with Crippen LogP contribution in [0.5, 0.6) is 0 Å². The van der Waals surface area contributed by atoms with Crippen LogP contribution in [0, 0.1) is 11.8 Å². The van der Waals surface area contributed by atoms with Crippen LogP contribution in [0.4, 0.5) is 9.59 Å². The first kappa shape index (κ1) is 48.5. The van der Waals surface area contributed by atoms with Crippen LogP contribution in [0.3, 0.4) is 0 Å². The summed E-state index contributed by atoms with van der Waals surface area (Å²) in [5.74, 6) is 1.50. The maximum atomic E-state index is 12.5. The predicted octanol–water partition coefficient (Wildman–Crippen LogP) is 6.92. The molecular formula is C40H62N2O11S4. The summed E-state index contributed by atoms with van der Waals surface area (Å²) in [7, 11) is -10.0. The van der Waals surface area contributed by atoms with E-state index in [1.807, 2.05) is 41.5 Å². The number of carbonyl (C=O) groups is 2. The van der Waals surface area contributed by atoms with E-state index in [1.165, 1.54) is 36.4 Å². The molecule has 0 aliphatic carbocycles. The molecule has 4 rings (SSSR count). The van der Waals surface area contributed by atoms with Crippen LogP contribution in [-0.4, -0.2) is 113 Å². The molecule has 17 heteroatoms. The van der Waals surface area contributed by atoms with Gasteiger partial charge in [-0.3, -0.25) is 0 Å². The molecule has 1 unspecified atom stereocenters. The molecule has 2 aromatic rings. The standard InChI is InChI=1S/C20H31NO6S2.C20H31NO5S2/c1-20(2,3)27-19(22)21-13-11-16(12-14-21)6-5-15-29(25,26)18-9-7-17(8-10-18)28(4,23)24;1-20(2,3)26-19(22)21-13-11-16(12-14-21)6-5-15-27(23)17-7-9-18(10-8-17)28(4,24)25/h7-10,16H,5-6,11-15H2,1-4H3;7-10,16H,5-6,11-15H2,1-4H3. The van der Waals surface area contributed by atoms with Gasteiger partial charge in [-0.25, -0.2) is 34.8 Å². The van der Waals surface area contributed by atoms with Crippen molar-refractivity contribution in [3.8, 4) is 0 Å². The van der Waals surface area contributed by atoms with Crippen LogP contribution in [0.15, 0.2) is 68.1 Å². The smallest absolute Gasteiger partial charge is 0.410 e. The van der Waals surface area contributed by atoms with Gasteiger partial charge in [-0.05, 0) is 164 Å². The molecular weight excluding hydrogens is 813 g/mol. The number of amides is 2. The monoisotopic (exact) mass is 874 g/mol. The Morgan fingerprint density at radius 2 is 0.982 bits per heavy atom. The summed E-state index contributed by atoms with van der Waals surface area (Å²) in [6, 6.07) is 11.6. The second kappa shape index (κ2) is 20.4. The minimum absolute atomic E-state index is 0.0253. The SMILES string of the molecule is CC(C)(C)OC(=O)N1CCC(CCCS(=O)(=O)c2ccc(S(C)(=O)=O)cc2)CC1.CC(C)(C)OC(=O)N1CCC(CCC[S+]([O-])c2ccc(S(C)(=O)=O)cc2)CC1. The Bertz CT molecular complexity index is 1940. The second-order valence-electron chi connectivity index (χ2n) is 17.0. The highest BCUT2D eigenvalue weighted by Gasteiger charge is 2.29. The molecule has 2 amide bonds. The quantitative estimate of drug-likeness (QED) is 0.202. The largest absolute Gasteiger partial charge is 0.611 e. The third kappa shape index (κ3) is 17.1. The van der Waals surface area contributed by atoms with Gasteiger partial charge in [0, 0.05) is 38.7 Å². The highest BCUT2D eigenvalue weighted by molar-refractivity contribution is 7.92. The number of carbonyl (C=O) groups excluding carboxylic acids is 2. The van der Waals surface area contributed by atoms with Gasteiger partial charge in [0.05, 0.1) is 20.4 Å². The van der Waals surface area contributed by atoms with Crippen molar-refractivity contribution in [2.75, 3.05) is 50.2 Å². The van der Waals surface area contributed by atoms with Gasteiger partial charge in [-0.15, -0.1) is 0 Å². The summed E-state index contributed by atoms with van der Waals surface area (Å²) in [4.78, 5) is 28.8. The van der Waals surface area contributed by atoms with E-state index in [9.17, 15) is 39.4 Å². The molecule has 1 atom stereocenters. The topological polar surface area (TPSA) is 185 Å². The molecule has 322 valence electrons. The average Bonchev–Trinajstić information content (AvgIpc) is 3.10. The van der Waals surface area contributed by atoms with Crippen molar-refractivity contribution >= 4 is 52.9 Å². The summed E-state index contributed by atoms with van der Waals surface area (Å²) in [6.45, 7) is 13.8. The zero-order valence-corrected chi connectivity index (χ0v) is 38.0. The maximum Gasteiger partial charge on any atom is 0.410 e. The van der Waals surface area contributed by atoms with Gasteiger partial charge in [0.15, 0.2) is 34.4 Å². The summed E-state index contributed by atoms with van der Waals surface area (Å²) in [5.41, 5.74) is -0.987. The first-order chi connectivity index (χ1) is 26.2. The van der Waals surface area contributed by atoms with Crippen LogP contribution >= 0.6 is 0 Å². The number of hydrogen-bond donors (Lipinski definition) is 0. The Morgan fingerprint density at radius 3 is 1.35 bits per heavy atom. The molecule has 2 aromatic carbocycles. The highest BCUT2D eigenvalue weighted by Crippen LogP contribution is 2.27. The van der Waals surface area contributed by atoms with Crippen molar-refractivity contribution in [2.45, 2.75) is 124 Å². The molecule has 2 aliphatic rings. The summed E-state index contributed by atoms with van der Waals surface area (Å²) >= 11 is -1.13. The van der Waals surface area contributed by atoms with Crippen LogP contribution in [-0.2, 0) is 50.2 Å². The van der Waals surface area contributed by atoms with Crippen molar-refractivity contribution in [1.82, 2.24) is 9.80 Å². The van der Waals surface area contributed by atoms with Crippen LogP contribution in [0.1, 0.15) is 92.9 Å². The Labute approximate surface area is 344 Å². The van der Waals surface area contributed by atoms with E-state index in [4.69, 9.17) is 9.47 Å². The van der Waals surface area contributed by atoms with Crippen molar-refractivity contribution in [3.63, 3.8) is 0 Å². The van der Waals surface area contributed by atoms with E-state index in [0.29, 0.717) is 55.1 Å². The molecule has 2 heterocycles. The Morgan fingerprint density at radius 1 is 0.632 bits per heavy atom. The van der Waals surface area contributed by atoms with Crippen LogP contribution in [0.2, 0.25) is 0 Å². The van der Waals surface area contributed by atoms with E-state index < -0.39 is 51.9 Å². The van der Waals surface area contributed by atoms with Crippen molar-refractivity contribution in [1.29, 1.82) is 0 Å². The van der Waals surface area contributed by atoms with Gasteiger partial charge in [0.25, 0.3) is 0 Å². The predicted molar refractivity (Wildman–Crippen MR) is 222 cm³/mol. The van der Waals surface area contributed by atoms with E-state index in [1.54, 1.807) is 21.9 Å². The second-order valence-corrected chi connectivity index (χ2v) is 24.7. The molecule has 13 nitrogen and oxygen atoms in total. The van der Waals surface area contributed by atoms with Crippen LogP contribution < -0.4 is 0 Å². The number of hydrogen-bond acceptors (Lipinski definition) is 11. The molecule has 0 N–H and O–H groups in total. The third-order valence-electron chi connectivity index (χ3n) is 9.63. The van der Waals surface area contributed by atoms with Gasteiger partial charge in [-0.2, -0.15) is 0 Å². The third-order valence-corrected chi connectivity index (χ3v) is 15.2.